The molecular formula is C11H6ClF3N2O. The Morgan fingerprint density at radius 3 is 2.50 bits per heavy atom. The van der Waals surface area contributed by atoms with Crippen molar-refractivity contribution >= 4 is 11.6 Å². The fourth-order valence-electron chi connectivity index (χ4n) is 1.40. The first-order valence-corrected chi connectivity index (χ1v) is 5.19. The second-order valence-corrected chi connectivity index (χ2v) is 3.86. The van der Waals surface area contributed by atoms with Gasteiger partial charge in [-0.2, -0.15) is 13.2 Å². The minimum absolute atomic E-state index is 0.114. The first-order valence-electron chi connectivity index (χ1n) is 4.81. The van der Waals surface area contributed by atoms with E-state index in [9.17, 15) is 18.0 Å². The van der Waals surface area contributed by atoms with E-state index in [1.54, 1.807) is 17.1 Å². The van der Waals surface area contributed by atoms with Crippen molar-refractivity contribution in [3.63, 3.8) is 0 Å². The number of rotatable bonds is 1. The summed E-state index contributed by atoms with van der Waals surface area (Å²) >= 11 is 5.84. The van der Waals surface area contributed by atoms with Crippen molar-refractivity contribution in [1.82, 2.24) is 9.97 Å². The van der Waals surface area contributed by atoms with Crippen LogP contribution in [-0.4, -0.2) is 9.97 Å². The molecule has 0 bridgehead atoms. The molecule has 0 unspecified atom stereocenters. The second-order valence-electron chi connectivity index (χ2n) is 3.46. The Morgan fingerprint density at radius 1 is 1.22 bits per heavy atom. The van der Waals surface area contributed by atoms with Gasteiger partial charge in [0.2, 0.25) is 5.82 Å². The molecule has 7 heteroatoms. The van der Waals surface area contributed by atoms with Crippen molar-refractivity contribution in [2.45, 2.75) is 6.18 Å². The lowest BCUT2D eigenvalue weighted by Gasteiger charge is -2.08. The Hall–Kier alpha value is -1.82. The number of halogens is 4. The fourth-order valence-corrected chi connectivity index (χ4v) is 1.63. The van der Waals surface area contributed by atoms with Crippen LogP contribution in [0.15, 0.2) is 35.1 Å². The van der Waals surface area contributed by atoms with Crippen LogP contribution in [0.25, 0.3) is 11.3 Å². The highest BCUT2D eigenvalue weighted by Gasteiger charge is 2.34. The average Bonchev–Trinajstić information content (AvgIpc) is 2.27. The SMILES string of the molecule is O=c1cc(-c2ccccc2Cl)nc(C(F)(F)F)[nH]1. The Balaban J connectivity index is 2.63. The zero-order valence-corrected chi connectivity index (χ0v) is 9.51. The van der Waals surface area contributed by atoms with Gasteiger partial charge in [-0.1, -0.05) is 29.8 Å². The largest absolute Gasteiger partial charge is 0.449 e. The van der Waals surface area contributed by atoms with E-state index in [-0.39, 0.29) is 16.3 Å². The normalized spacial score (nSPS) is 11.6. The molecule has 0 atom stereocenters. The van der Waals surface area contributed by atoms with E-state index in [4.69, 9.17) is 11.6 Å². The van der Waals surface area contributed by atoms with Gasteiger partial charge in [-0.05, 0) is 6.07 Å². The third-order valence-corrected chi connectivity index (χ3v) is 2.49. The van der Waals surface area contributed by atoms with Crippen molar-refractivity contribution in [3.8, 4) is 11.3 Å². The molecule has 3 nitrogen and oxygen atoms in total. The van der Waals surface area contributed by atoms with E-state index < -0.39 is 17.6 Å². The van der Waals surface area contributed by atoms with Crippen LogP contribution in [0.5, 0.6) is 0 Å². The van der Waals surface area contributed by atoms with Gasteiger partial charge < -0.3 is 4.98 Å². The summed E-state index contributed by atoms with van der Waals surface area (Å²) < 4.78 is 37.5. The fraction of sp³-hybridized carbons (Fsp3) is 0.0909. The maximum atomic E-state index is 12.5. The third-order valence-electron chi connectivity index (χ3n) is 2.16. The molecule has 0 spiro atoms. The summed E-state index contributed by atoms with van der Waals surface area (Å²) in [7, 11) is 0. The van der Waals surface area contributed by atoms with E-state index in [0.29, 0.717) is 0 Å². The van der Waals surface area contributed by atoms with Crippen LogP contribution in [0.1, 0.15) is 5.82 Å². The molecule has 0 saturated heterocycles. The van der Waals surface area contributed by atoms with E-state index >= 15 is 0 Å². The van der Waals surface area contributed by atoms with Crippen LogP contribution in [0.4, 0.5) is 13.2 Å². The summed E-state index contributed by atoms with van der Waals surface area (Å²) in [6.45, 7) is 0. The summed E-state index contributed by atoms with van der Waals surface area (Å²) in [4.78, 5) is 16.2. The molecule has 94 valence electrons. The first-order chi connectivity index (χ1) is 8.38. The molecule has 1 heterocycles. The van der Waals surface area contributed by atoms with Crippen LogP contribution < -0.4 is 5.56 Å². The molecule has 1 N–H and O–H groups in total. The molecule has 18 heavy (non-hydrogen) atoms. The van der Waals surface area contributed by atoms with Crippen molar-refractivity contribution in [1.29, 1.82) is 0 Å². The topological polar surface area (TPSA) is 45.8 Å². The molecule has 2 rings (SSSR count). The Bertz CT molecular complexity index is 637. The number of alkyl halides is 3. The average molecular weight is 275 g/mol. The number of nitrogens with one attached hydrogen (secondary N) is 1. The summed E-state index contributed by atoms with van der Waals surface area (Å²) in [5.41, 5.74) is -0.723. The summed E-state index contributed by atoms with van der Waals surface area (Å²) in [5.74, 6) is -1.34. The van der Waals surface area contributed by atoms with Gasteiger partial charge in [-0.15, -0.1) is 0 Å². The maximum Gasteiger partial charge on any atom is 0.449 e. The maximum absolute atomic E-state index is 12.5. The van der Waals surface area contributed by atoms with Crippen LogP contribution >= 0.6 is 11.6 Å². The van der Waals surface area contributed by atoms with Crippen LogP contribution in [-0.2, 0) is 6.18 Å². The zero-order valence-electron chi connectivity index (χ0n) is 8.75. The van der Waals surface area contributed by atoms with Gasteiger partial charge in [0.25, 0.3) is 5.56 Å². The lowest BCUT2D eigenvalue weighted by atomic mass is 10.1. The molecule has 1 aromatic carbocycles. The van der Waals surface area contributed by atoms with Gasteiger partial charge in [0.1, 0.15) is 0 Å². The molecule has 0 fully saturated rings. The number of H-pyrrole nitrogens is 1. The van der Waals surface area contributed by atoms with E-state index in [1.165, 1.54) is 12.1 Å². The van der Waals surface area contributed by atoms with Crippen LogP contribution in [0.3, 0.4) is 0 Å². The molecule has 0 aliphatic heterocycles. The Morgan fingerprint density at radius 2 is 1.89 bits per heavy atom. The highest BCUT2D eigenvalue weighted by atomic mass is 35.5. The lowest BCUT2D eigenvalue weighted by Crippen LogP contribution is -2.18. The van der Waals surface area contributed by atoms with E-state index in [2.05, 4.69) is 4.98 Å². The molecular weight excluding hydrogens is 269 g/mol. The number of hydrogen-bond acceptors (Lipinski definition) is 2. The van der Waals surface area contributed by atoms with Crippen LogP contribution in [0.2, 0.25) is 5.02 Å². The standard InChI is InChI=1S/C11H6ClF3N2O/c12-7-4-2-1-3-6(7)8-5-9(18)17-10(16-8)11(13,14)15/h1-5H,(H,16,17,18). The highest BCUT2D eigenvalue weighted by Crippen LogP contribution is 2.29. The van der Waals surface area contributed by atoms with Crippen molar-refractivity contribution in [2.75, 3.05) is 0 Å². The predicted octanol–water partition coefficient (Wildman–Crippen LogP) is 3.11. The summed E-state index contributed by atoms with van der Waals surface area (Å²) in [5, 5.41) is 0.226. The smallest absolute Gasteiger partial charge is 0.303 e. The zero-order chi connectivity index (χ0) is 13.3. The first kappa shape index (κ1) is 12.6. The lowest BCUT2D eigenvalue weighted by molar-refractivity contribution is -0.145. The third kappa shape index (κ3) is 2.53. The Kier molecular flexibility index (Phi) is 3.13. The minimum atomic E-state index is -4.71. The summed E-state index contributed by atoms with van der Waals surface area (Å²) in [6, 6.07) is 7.19. The minimum Gasteiger partial charge on any atom is -0.303 e. The number of nitrogens with zero attached hydrogens (tertiary/aromatic N) is 1. The van der Waals surface area contributed by atoms with Gasteiger partial charge in [-0.3, -0.25) is 4.79 Å². The molecule has 0 radical (unpaired) electrons. The van der Waals surface area contributed by atoms with E-state index in [0.717, 1.165) is 6.07 Å². The molecule has 0 saturated carbocycles. The van der Waals surface area contributed by atoms with Crippen LogP contribution in [0, 0.1) is 0 Å². The van der Waals surface area contributed by atoms with Crippen molar-refractivity contribution in [3.05, 3.63) is 51.5 Å². The number of benzene rings is 1. The molecule has 1 aromatic heterocycles. The second kappa shape index (κ2) is 4.45. The van der Waals surface area contributed by atoms with Gasteiger partial charge in [0.05, 0.1) is 5.69 Å². The monoisotopic (exact) mass is 274 g/mol. The van der Waals surface area contributed by atoms with E-state index in [1.807, 2.05) is 0 Å². The number of hydrogen-bond donors (Lipinski definition) is 1. The number of aromatic nitrogens is 2. The molecule has 0 amide bonds. The van der Waals surface area contributed by atoms with Crippen molar-refractivity contribution < 1.29 is 13.2 Å². The highest BCUT2D eigenvalue weighted by molar-refractivity contribution is 6.33. The molecule has 0 aliphatic carbocycles. The molecule has 0 aliphatic rings. The van der Waals surface area contributed by atoms with Crippen molar-refractivity contribution in [2.24, 2.45) is 0 Å². The quantitative estimate of drug-likeness (QED) is 0.868. The van der Waals surface area contributed by atoms with Gasteiger partial charge in [0.15, 0.2) is 0 Å². The summed E-state index contributed by atoms with van der Waals surface area (Å²) in [6.07, 6.45) is -4.71. The number of aromatic amines is 1. The Labute approximate surface area is 104 Å². The van der Waals surface area contributed by atoms with Gasteiger partial charge >= 0.3 is 6.18 Å². The van der Waals surface area contributed by atoms with Gasteiger partial charge in [-0.25, -0.2) is 4.98 Å². The molecule has 2 aromatic rings. The predicted molar refractivity (Wildman–Crippen MR) is 60.3 cm³/mol. The van der Waals surface area contributed by atoms with Gasteiger partial charge in [0, 0.05) is 16.7 Å².